The van der Waals surface area contributed by atoms with Gasteiger partial charge >= 0.3 is 0 Å². The summed E-state index contributed by atoms with van der Waals surface area (Å²) >= 11 is 0. The molecule has 6 rings (SSSR count). The molecule has 0 radical (unpaired) electrons. The number of nitrogens with one attached hydrogen (secondary N) is 2. The number of ether oxygens (including phenoxy) is 2. The second kappa shape index (κ2) is 14.9. The molecule has 262 valence electrons. The van der Waals surface area contributed by atoms with Crippen molar-refractivity contribution in [1.82, 2.24) is 20.4 Å². The van der Waals surface area contributed by atoms with Gasteiger partial charge < -0.3 is 30.3 Å². The van der Waals surface area contributed by atoms with Gasteiger partial charge in [0.25, 0.3) is 0 Å². The number of carbonyl (C=O) groups is 2. The van der Waals surface area contributed by atoms with Crippen LogP contribution < -0.4 is 20.1 Å². The molecule has 3 aromatic rings. The minimum absolute atomic E-state index is 0.0871. The number of rotatable bonds is 11. The Hall–Kier alpha value is -3.96. The summed E-state index contributed by atoms with van der Waals surface area (Å²) in [7, 11) is 0. The number of amides is 2. The maximum absolute atomic E-state index is 14.1. The monoisotopic (exact) mass is 670 g/mol. The van der Waals surface area contributed by atoms with Crippen LogP contribution >= 0.6 is 0 Å². The summed E-state index contributed by atoms with van der Waals surface area (Å²) in [6.07, 6.45) is -0.887. The lowest BCUT2D eigenvalue weighted by Crippen LogP contribution is -2.62. The highest BCUT2D eigenvalue weighted by molar-refractivity contribution is 5.83. The van der Waals surface area contributed by atoms with E-state index in [2.05, 4.69) is 20.4 Å². The molecule has 0 saturated carbocycles. The van der Waals surface area contributed by atoms with Gasteiger partial charge in [-0.05, 0) is 67.5 Å². The third-order valence-corrected chi connectivity index (χ3v) is 9.96. The van der Waals surface area contributed by atoms with E-state index in [1.165, 1.54) is 0 Å². The van der Waals surface area contributed by atoms with Gasteiger partial charge in [-0.2, -0.15) is 0 Å². The molecule has 2 heterocycles. The van der Waals surface area contributed by atoms with E-state index in [9.17, 15) is 19.8 Å². The van der Waals surface area contributed by atoms with E-state index >= 15 is 0 Å². The van der Waals surface area contributed by atoms with Crippen LogP contribution in [-0.2, 0) is 22.6 Å². The molecule has 0 bridgehead atoms. The van der Waals surface area contributed by atoms with Crippen LogP contribution in [0.3, 0.4) is 0 Å². The van der Waals surface area contributed by atoms with Crippen LogP contribution in [0.4, 0.5) is 0 Å². The Morgan fingerprint density at radius 2 is 1.71 bits per heavy atom. The number of aliphatic hydroxyl groups excluding tert-OH is 2. The highest BCUT2D eigenvalue weighted by atomic mass is 16.7. The van der Waals surface area contributed by atoms with Gasteiger partial charge in [0.05, 0.1) is 18.2 Å². The van der Waals surface area contributed by atoms with E-state index in [0.29, 0.717) is 32.6 Å². The number of fused-ring (bicyclic) bond motifs is 2. The normalized spacial score (nSPS) is 22.6. The summed E-state index contributed by atoms with van der Waals surface area (Å²) in [5.41, 5.74) is 3.62. The van der Waals surface area contributed by atoms with E-state index < -0.39 is 35.7 Å². The second-order valence-corrected chi connectivity index (χ2v) is 14.8. The van der Waals surface area contributed by atoms with Crippen molar-refractivity contribution < 1.29 is 29.3 Å². The Morgan fingerprint density at radius 1 is 0.980 bits per heavy atom. The minimum atomic E-state index is -0.868. The van der Waals surface area contributed by atoms with Gasteiger partial charge in [-0.15, -0.1) is 0 Å². The van der Waals surface area contributed by atoms with Crippen LogP contribution in [0.1, 0.15) is 68.3 Å². The van der Waals surface area contributed by atoms with Crippen LogP contribution in [0, 0.1) is 5.92 Å². The molecule has 2 aliphatic heterocycles. The number of hydrogen-bond acceptors (Lipinski definition) is 8. The number of carbonyl (C=O) groups excluding carboxylic acids is 2. The molecular weight excluding hydrogens is 620 g/mol. The van der Waals surface area contributed by atoms with Gasteiger partial charge in [0, 0.05) is 50.6 Å². The second-order valence-electron chi connectivity index (χ2n) is 14.8. The third-order valence-electron chi connectivity index (χ3n) is 9.96. The molecule has 10 heteroatoms. The zero-order valence-corrected chi connectivity index (χ0v) is 29.0. The lowest BCUT2D eigenvalue weighted by molar-refractivity contribution is -0.132. The summed E-state index contributed by atoms with van der Waals surface area (Å²) in [6, 6.07) is 22.6. The van der Waals surface area contributed by atoms with Crippen molar-refractivity contribution >= 4 is 11.8 Å². The topological polar surface area (TPSA) is 124 Å². The molecule has 1 saturated heterocycles. The first-order valence-corrected chi connectivity index (χ1v) is 17.4. The highest BCUT2D eigenvalue weighted by Crippen LogP contribution is 2.35. The van der Waals surface area contributed by atoms with Crippen molar-refractivity contribution in [3.63, 3.8) is 0 Å². The van der Waals surface area contributed by atoms with Crippen molar-refractivity contribution in [2.75, 3.05) is 33.0 Å². The van der Waals surface area contributed by atoms with Gasteiger partial charge in [-0.25, -0.2) is 0 Å². The first kappa shape index (κ1) is 34.9. The Kier molecular flexibility index (Phi) is 10.6. The lowest BCUT2D eigenvalue weighted by atomic mass is 9.82. The molecule has 1 fully saturated rings. The molecule has 4 N–H and O–H groups in total. The Balaban J connectivity index is 1.17. The van der Waals surface area contributed by atoms with E-state index in [1.54, 1.807) is 0 Å². The SMILES string of the molecule is CC(c1ccccc1)[C@H](C[C@H](O)CN1CCN(Cc2ccc3c(c2)OCO3)C[C@H]1C(=O)NC(C)(C)C)C(=O)N[C@H]1c2ccccc2C[C@H]1O. The summed E-state index contributed by atoms with van der Waals surface area (Å²) in [5, 5.41) is 28.8. The predicted molar refractivity (Wildman–Crippen MR) is 187 cm³/mol. The number of piperazine rings is 1. The van der Waals surface area contributed by atoms with Crippen LogP contribution in [0.15, 0.2) is 72.8 Å². The third kappa shape index (κ3) is 8.44. The maximum atomic E-state index is 14.1. The zero-order chi connectivity index (χ0) is 34.7. The van der Waals surface area contributed by atoms with Crippen molar-refractivity contribution in [1.29, 1.82) is 0 Å². The van der Waals surface area contributed by atoms with Crippen LogP contribution in [0.25, 0.3) is 0 Å². The average Bonchev–Trinajstić information content (AvgIpc) is 3.67. The Bertz CT molecular complexity index is 1610. The van der Waals surface area contributed by atoms with Crippen LogP contribution in [0.5, 0.6) is 11.5 Å². The van der Waals surface area contributed by atoms with Gasteiger partial charge in [-0.1, -0.05) is 67.6 Å². The summed E-state index contributed by atoms with van der Waals surface area (Å²) in [5.74, 6) is 0.427. The number of benzene rings is 3. The fraction of sp³-hybridized carbons (Fsp3) is 0.487. The molecule has 2 amide bonds. The molecule has 10 nitrogen and oxygen atoms in total. The van der Waals surface area contributed by atoms with Crippen molar-refractivity contribution in [3.05, 3.63) is 95.1 Å². The molecule has 1 unspecified atom stereocenters. The predicted octanol–water partition coefficient (Wildman–Crippen LogP) is 3.76. The molecule has 6 atom stereocenters. The number of hydrogen-bond donors (Lipinski definition) is 4. The molecule has 0 spiro atoms. The average molecular weight is 671 g/mol. The lowest BCUT2D eigenvalue weighted by Gasteiger charge is -2.42. The number of aliphatic hydroxyl groups is 2. The fourth-order valence-corrected chi connectivity index (χ4v) is 7.41. The molecule has 0 aromatic heterocycles. The van der Waals surface area contributed by atoms with Crippen molar-refractivity contribution in [3.8, 4) is 11.5 Å². The summed E-state index contributed by atoms with van der Waals surface area (Å²) in [4.78, 5) is 32.1. The van der Waals surface area contributed by atoms with Gasteiger partial charge in [0.2, 0.25) is 18.6 Å². The first-order valence-electron chi connectivity index (χ1n) is 17.4. The van der Waals surface area contributed by atoms with Crippen LogP contribution in [-0.4, -0.2) is 88.6 Å². The summed E-state index contributed by atoms with van der Waals surface area (Å²) in [6.45, 7) is 10.8. The van der Waals surface area contributed by atoms with Crippen molar-refractivity contribution in [2.24, 2.45) is 5.92 Å². The Morgan fingerprint density at radius 3 is 2.49 bits per heavy atom. The van der Waals surface area contributed by atoms with Gasteiger partial charge in [0.1, 0.15) is 6.04 Å². The summed E-state index contributed by atoms with van der Waals surface area (Å²) < 4.78 is 11.0. The van der Waals surface area contributed by atoms with Crippen molar-refractivity contribution in [2.45, 2.75) is 82.8 Å². The van der Waals surface area contributed by atoms with E-state index in [0.717, 1.165) is 33.8 Å². The maximum Gasteiger partial charge on any atom is 0.239 e. The molecule has 3 aliphatic rings. The first-order chi connectivity index (χ1) is 23.4. The molecule has 49 heavy (non-hydrogen) atoms. The molecular formula is C39H50N4O6. The smallest absolute Gasteiger partial charge is 0.239 e. The van der Waals surface area contributed by atoms with Gasteiger partial charge in [0.15, 0.2) is 11.5 Å². The largest absolute Gasteiger partial charge is 0.454 e. The molecule has 3 aromatic carbocycles. The fourth-order valence-electron chi connectivity index (χ4n) is 7.41. The molecule has 1 aliphatic carbocycles. The van der Waals surface area contributed by atoms with E-state index in [-0.39, 0.29) is 37.5 Å². The minimum Gasteiger partial charge on any atom is -0.454 e. The van der Waals surface area contributed by atoms with Crippen LogP contribution in [0.2, 0.25) is 0 Å². The standard InChI is InChI=1S/C39H50N4O6/c1-25(27-10-6-5-7-11-27)31(37(46)40-36-30-13-9-8-12-28(30)19-33(36)45)20-29(44)22-43-17-16-42(23-32(43)38(47)41-39(2,3)4)21-26-14-15-34-35(18-26)49-24-48-34/h5-15,18,25,29,31-33,36,44-45H,16-17,19-24H2,1-4H3,(H,40,46)(H,41,47)/t25?,29-,31-,32-,33+,36-/m0/s1. The number of β-amino-alcohol motifs (C(OH)–C–C–N with tert-alkyl or cyclic N) is 1. The highest BCUT2D eigenvalue weighted by Gasteiger charge is 2.38. The number of nitrogens with zero attached hydrogens (tertiary/aromatic N) is 2. The van der Waals surface area contributed by atoms with E-state index in [4.69, 9.17) is 9.47 Å². The Labute approximate surface area is 289 Å². The quantitative estimate of drug-likeness (QED) is 0.243. The van der Waals surface area contributed by atoms with E-state index in [1.807, 2.05) is 100 Å². The zero-order valence-electron chi connectivity index (χ0n) is 29.0. The van der Waals surface area contributed by atoms with Gasteiger partial charge in [-0.3, -0.25) is 19.4 Å².